The molecule has 1 fully saturated rings. The molecular formula is C16H23N3O4. The number of carbonyl (C=O) groups excluding carboxylic acids is 2. The average molecular weight is 321 g/mol. The van der Waals surface area contributed by atoms with Crippen LogP contribution in [0.3, 0.4) is 0 Å². The van der Waals surface area contributed by atoms with Gasteiger partial charge in [-0.3, -0.25) is 4.79 Å². The third-order valence-corrected chi connectivity index (χ3v) is 3.53. The van der Waals surface area contributed by atoms with Crippen molar-refractivity contribution in [1.82, 2.24) is 14.8 Å². The Morgan fingerprint density at radius 2 is 2.04 bits per heavy atom. The van der Waals surface area contributed by atoms with Crippen LogP contribution in [0.15, 0.2) is 18.3 Å². The van der Waals surface area contributed by atoms with Crippen molar-refractivity contribution >= 4 is 12.0 Å². The van der Waals surface area contributed by atoms with Gasteiger partial charge in [-0.15, -0.1) is 0 Å². The molecule has 23 heavy (non-hydrogen) atoms. The Labute approximate surface area is 135 Å². The van der Waals surface area contributed by atoms with E-state index in [0.29, 0.717) is 19.6 Å². The predicted molar refractivity (Wildman–Crippen MR) is 84.2 cm³/mol. The molecule has 0 spiro atoms. The standard InChI is InChI=1S/C16H23N3O4/c1-11-10-18(14(21)13-12(20)6-5-7-17-13)8-9-19(11)15(22)23-16(2,3)4/h5-7,11,20H,8-10H2,1-4H3. The number of aromatic hydroxyl groups is 1. The van der Waals surface area contributed by atoms with Crippen molar-refractivity contribution in [1.29, 1.82) is 0 Å². The molecule has 7 heteroatoms. The van der Waals surface area contributed by atoms with Gasteiger partial charge in [-0.25, -0.2) is 9.78 Å². The summed E-state index contributed by atoms with van der Waals surface area (Å²) in [5.41, 5.74) is -0.519. The van der Waals surface area contributed by atoms with Crippen molar-refractivity contribution in [3.63, 3.8) is 0 Å². The van der Waals surface area contributed by atoms with Gasteiger partial charge in [-0.2, -0.15) is 0 Å². The molecule has 1 aliphatic heterocycles. The molecule has 2 heterocycles. The molecule has 0 bridgehead atoms. The Morgan fingerprint density at radius 1 is 1.35 bits per heavy atom. The van der Waals surface area contributed by atoms with E-state index in [4.69, 9.17) is 4.74 Å². The summed E-state index contributed by atoms with van der Waals surface area (Å²) in [5, 5.41) is 9.75. The summed E-state index contributed by atoms with van der Waals surface area (Å²) in [4.78, 5) is 31.8. The van der Waals surface area contributed by atoms with E-state index in [9.17, 15) is 14.7 Å². The van der Waals surface area contributed by atoms with Crippen LogP contribution in [0.1, 0.15) is 38.2 Å². The molecule has 1 aromatic rings. The maximum atomic E-state index is 12.4. The second kappa shape index (κ2) is 6.44. The van der Waals surface area contributed by atoms with E-state index in [1.165, 1.54) is 12.3 Å². The smallest absolute Gasteiger partial charge is 0.410 e. The fourth-order valence-electron chi connectivity index (χ4n) is 2.45. The van der Waals surface area contributed by atoms with Crippen LogP contribution in [0.4, 0.5) is 4.79 Å². The van der Waals surface area contributed by atoms with Gasteiger partial charge in [0.2, 0.25) is 0 Å². The van der Waals surface area contributed by atoms with Gasteiger partial charge in [0.15, 0.2) is 5.69 Å². The van der Waals surface area contributed by atoms with Gasteiger partial charge in [0.1, 0.15) is 11.4 Å². The van der Waals surface area contributed by atoms with Crippen molar-refractivity contribution in [3.05, 3.63) is 24.0 Å². The first-order valence-corrected chi connectivity index (χ1v) is 7.62. The molecule has 0 aromatic carbocycles. The summed E-state index contributed by atoms with van der Waals surface area (Å²) in [6, 6.07) is 2.82. The molecule has 1 aromatic heterocycles. The van der Waals surface area contributed by atoms with Crippen LogP contribution in [0.5, 0.6) is 5.75 Å². The molecule has 126 valence electrons. The minimum atomic E-state index is -0.552. The summed E-state index contributed by atoms with van der Waals surface area (Å²) in [5.74, 6) is -0.474. The lowest BCUT2D eigenvalue weighted by Gasteiger charge is -2.40. The number of pyridine rings is 1. The van der Waals surface area contributed by atoms with Crippen LogP contribution in [-0.2, 0) is 4.74 Å². The molecule has 1 unspecified atom stereocenters. The second-order valence-electron chi connectivity index (χ2n) is 6.65. The molecule has 0 radical (unpaired) electrons. The zero-order chi connectivity index (χ0) is 17.2. The highest BCUT2D eigenvalue weighted by Gasteiger charge is 2.33. The number of hydrogen-bond acceptors (Lipinski definition) is 5. The number of amides is 2. The Morgan fingerprint density at radius 3 is 2.61 bits per heavy atom. The predicted octanol–water partition coefficient (Wildman–Crippen LogP) is 1.87. The first-order chi connectivity index (χ1) is 10.7. The molecule has 0 saturated carbocycles. The number of hydrogen-bond donors (Lipinski definition) is 1. The molecule has 1 aliphatic rings. The van der Waals surface area contributed by atoms with Crippen molar-refractivity contribution in [2.24, 2.45) is 0 Å². The molecule has 2 amide bonds. The topological polar surface area (TPSA) is 83.0 Å². The number of rotatable bonds is 1. The van der Waals surface area contributed by atoms with E-state index < -0.39 is 5.60 Å². The third-order valence-electron chi connectivity index (χ3n) is 3.53. The number of ether oxygens (including phenoxy) is 1. The molecule has 2 rings (SSSR count). The van der Waals surface area contributed by atoms with Crippen LogP contribution in [0.25, 0.3) is 0 Å². The first-order valence-electron chi connectivity index (χ1n) is 7.62. The van der Waals surface area contributed by atoms with Crippen molar-refractivity contribution in [2.45, 2.75) is 39.3 Å². The van der Waals surface area contributed by atoms with Crippen molar-refractivity contribution in [3.8, 4) is 5.75 Å². The molecule has 0 aliphatic carbocycles. The summed E-state index contributed by atoms with van der Waals surface area (Å²) in [6.07, 6.45) is 1.09. The van der Waals surface area contributed by atoms with Gasteiger partial charge in [-0.1, -0.05) is 0 Å². The number of piperazine rings is 1. The number of carbonyl (C=O) groups is 2. The van der Waals surface area contributed by atoms with Crippen LogP contribution in [0, 0.1) is 0 Å². The third kappa shape index (κ3) is 4.12. The maximum absolute atomic E-state index is 12.4. The largest absolute Gasteiger partial charge is 0.505 e. The summed E-state index contributed by atoms with van der Waals surface area (Å²) < 4.78 is 5.38. The van der Waals surface area contributed by atoms with Crippen LogP contribution < -0.4 is 0 Å². The van der Waals surface area contributed by atoms with Crippen LogP contribution in [0.2, 0.25) is 0 Å². The molecule has 1 saturated heterocycles. The quantitative estimate of drug-likeness (QED) is 0.854. The number of nitrogens with zero attached hydrogens (tertiary/aromatic N) is 3. The Hall–Kier alpha value is -2.31. The summed E-state index contributed by atoms with van der Waals surface area (Å²) >= 11 is 0. The van der Waals surface area contributed by atoms with Gasteiger partial charge < -0.3 is 19.6 Å². The summed E-state index contributed by atoms with van der Waals surface area (Å²) in [7, 11) is 0. The van der Waals surface area contributed by atoms with E-state index in [-0.39, 0.29) is 29.5 Å². The van der Waals surface area contributed by atoms with Gasteiger partial charge in [0, 0.05) is 31.9 Å². The SMILES string of the molecule is CC1CN(C(=O)c2ncccc2O)CCN1C(=O)OC(C)(C)C. The minimum Gasteiger partial charge on any atom is -0.505 e. The van der Waals surface area contributed by atoms with Crippen LogP contribution in [-0.4, -0.2) is 63.2 Å². The van der Waals surface area contributed by atoms with E-state index in [0.717, 1.165) is 0 Å². The Balaban J connectivity index is 2.03. The Bertz CT molecular complexity index is 597. The molecule has 1 N–H and O–H groups in total. The molecular weight excluding hydrogens is 298 g/mol. The van der Waals surface area contributed by atoms with Gasteiger partial charge >= 0.3 is 6.09 Å². The highest BCUT2D eigenvalue weighted by atomic mass is 16.6. The molecule has 1 atom stereocenters. The highest BCUT2D eigenvalue weighted by Crippen LogP contribution is 2.19. The van der Waals surface area contributed by atoms with Gasteiger partial charge in [-0.05, 0) is 39.8 Å². The second-order valence-corrected chi connectivity index (χ2v) is 6.65. The van der Waals surface area contributed by atoms with Crippen LogP contribution >= 0.6 is 0 Å². The maximum Gasteiger partial charge on any atom is 0.410 e. The fraction of sp³-hybridized carbons (Fsp3) is 0.562. The minimum absolute atomic E-state index is 0.0328. The van der Waals surface area contributed by atoms with Crippen molar-refractivity contribution < 1.29 is 19.4 Å². The normalized spacial score (nSPS) is 18.7. The zero-order valence-electron chi connectivity index (χ0n) is 13.9. The zero-order valence-corrected chi connectivity index (χ0v) is 13.9. The summed E-state index contributed by atoms with van der Waals surface area (Å²) in [6.45, 7) is 8.45. The van der Waals surface area contributed by atoms with Crippen molar-refractivity contribution in [2.75, 3.05) is 19.6 Å². The van der Waals surface area contributed by atoms with E-state index in [1.54, 1.807) is 15.9 Å². The van der Waals surface area contributed by atoms with Gasteiger partial charge in [0.25, 0.3) is 5.91 Å². The fourth-order valence-corrected chi connectivity index (χ4v) is 2.45. The Kier molecular flexibility index (Phi) is 4.77. The average Bonchev–Trinajstić information content (AvgIpc) is 2.45. The van der Waals surface area contributed by atoms with E-state index in [1.807, 2.05) is 27.7 Å². The highest BCUT2D eigenvalue weighted by molar-refractivity contribution is 5.95. The first kappa shape index (κ1) is 17.1. The number of aromatic nitrogens is 1. The lowest BCUT2D eigenvalue weighted by Crippen LogP contribution is -2.56. The molecule has 7 nitrogen and oxygen atoms in total. The lowest BCUT2D eigenvalue weighted by atomic mass is 10.1. The lowest BCUT2D eigenvalue weighted by molar-refractivity contribution is 0.00184. The monoisotopic (exact) mass is 321 g/mol. The van der Waals surface area contributed by atoms with E-state index in [2.05, 4.69) is 4.98 Å². The van der Waals surface area contributed by atoms with E-state index >= 15 is 0 Å². The van der Waals surface area contributed by atoms with Gasteiger partial charge in [0.05, 0.1) is 0 Å².